The van der Waals surface area contributed by atoms with Crippen molar-refractivity contribution >= 4 is 39.3 Å². The van der Waals surface area contributed by atoms with Crippen LogP contribution in [0.3, 0.4) is 0 Å². The number of thioether (sulfide) groups is 1. The molecule has 0 saturated carbocycles. The first-order valence-electron chi connectivity index (χ1n) is 7.20. The summed E-state index contributed by atoms with van der Waals surface area (Å²) < 4.78 is 6.36. The van der Waals surface area contributed by atoms with Crippen LogP contribution in [-0.2, 0) is 9.53 Å². The fourth-order valence-corrected chi connectivity index (χ4v) is 4.67. The van der Waals surface area contributed by atoms with Crippen molar-refractivity contribution < 1.29 is 9.53 Å². The van der Waals surface area contributed by atoms with Gasteiger partial charge in [0.1, 0.15) is 5.54 Å². The average Bonchev–Trinajstić information content (AvgIpc) is 2.43. The van der Waals surface area contributed by atoms with Gasteiger partial charge in [-0.15, -0.1) is 0 Å². The third kappa shape index (κ3) is 3.24. The number of rotatable bonds is 4. The summed E-state index contributed by atoms with van der Waals surface area (Å²) in [7, 11) is 0. The lowest BCUT2D eigenvalue weighted by molar-refractivity contribution is -0.152. The van der Waals surface area contributed by atoms with Crippen LogP contribution in [0.15, 0.2) is 28.7 Å². The predicted octanol–water partition coefficient (Wildman–Crippen LogP) is 4.33. The number of carbonyl (C=O) groups is 1. The third-order valence-corrected chi connectivity index (χ3v) is 6.01. The molecule has 3 nitrogen and oxygen atoms in total. The highest BCUT2D eigenvalue weighted by Crippen LogP contribution is 2.45. The highest BCUT2D eigenvalue weighted by Gasteiger charge is 2.54. The van der Waals surface area contributed by atoms with E-state index in [1.54, 1.807) is 11.8 Å². The van der Waals surface area contributed by atoms with Crippen LogP contribution in [0.5, 0.6) is 0 Å². The molecule has 5 heteroatoms. The van der Waals surface area contributed by atoms with E-state index < -0.39 is 5.54 Å². The summed E-state index contributed by atoms with van der Waals surface area (Å²) in [5.74, 6) is 1.64. The summed E-state index contributed by atoms with van der Waals surface area (Å²) >= 11 is 5.36. The predicted molar refractivity (Wildman–Crippen MR) is 92.9 cm³/mol. The molecular formula is C16H22BrNO2S. The average molecular weight is 372 g/mol. The van der Waals surface area contributed by atoms with Crippen molar-refractivity contribution in [2.75, 3.05) is 23.4 Å². The van der Waals surface area contributed by atoms with Crippen molar-refractivity contribution in [2.45, 2.75) is 32.7 Å². The molecule has 0 amide bonds. The second kappa shape index (κ2) is 6.61. The SMILES string of the molecule is CCOC(=O)C1(Nc2ccccc2Br)CSCCC1(C)C. The molecule has 0 spiro atoms. The molecule has 1 saturated heterocycles. The zero-order valence-corrected chi connectivity index (χ0v) is 15.1. The van der Waals surface area contributed by atoms with E-state index in [2.05, 4.69) is 35.1 Å². The van der Waals surface area contributed by atoms with Crippen molar-refractivity contribution in [3.8, 4) is 0 Å². The number of hydrogen-bond acceptors (Lipinski definition) is 4. The molecule has 0 aliphatic carbocycles. The van der Waals surface area contributed by atoms with Crippen molar-refractivity contribution in [3.05, 3.63) is 28.7 Å². The maximum absolute atomic E-state index is 12.7. The van der Waals surface area contributed by atoms with Crippen molar-refractivity contribution in [3.63, 3.8) is 0 Å². The second-order valence-electron chi connectivity index (χ2n) is 5.92. The lowest BCUT2D eigenvalue weighted by atomic mass is 9.70. The molecule has 1 aromatic carbocycles. The Bertz CT molecular complexity index is 521. The van der Waals surface area contributed by atoms with E-state index in [0.29, 0.717) is 6.61 Å². The third-order valence-electron chi connectivity index (χ3n) is 4.19. The highest BCUT2D eigenvalue weighted by atomic mass is 79.9. The lowest BCUT2D eigenvalue weighted by Crippen LogP contribution is -2.62. The number of nitrogens with one attached hydrogen (secondary N) is 1. The summed E-state index contributed by atoms with van der Waals surface area (Å²) in [5.41, 5.74) is 0.0661. The van der Waals surface area contributed by atoms with Crippen molar-refractivity contribution in [1.82, 2.24) is 0 Å². The van der Waals surface area contributed by atoms with Crippen molar-refractivity contribution in [1.29, 1.82) is 0 Å². The van der Waals surface area contributed by atoms with Gasteiger partial charge in [-0.2, -0.15) is 11.8 Å². The van der Waals surface area contributed by atoms with Gasteiger partial charge in [0, 0.05) is 21.3 Å². The van der Waals surface area contributed by atoms with Crippen LogP contribution >= 0.6 is 27.7 Å². The molecule has 1 atom stereocenters. The van der Waals surface area contributed by atoms with Gasteiger partial charge in [-0.3, -0.25) is 0 Å². The van der Waals surface area contributed by atoms with Crippen LogP contribution in [0.2, 0.25) is 0 Å². The van der Waals surface area contributed by atoms with Crippen molar-refractivity contribution in [2.24, 2.45) is 5.41 Å². The zero-order chi connectivity index (χ0) is 15.5. The molecule has 1 fully saturated rings. The van der Waals surface area contributed by atoms with Crippen LogP contribution in [0.4, 0.5) is 5.69 Å². The minimum absolute atomic E-state index is 0.155. The zero-order valence-electron chi connectivity index (χ0n) is 12.7. The fourth-order valence-electron chi connectivity index (χ4n) is 2.60. The summed E-state index contributed by atoms with van der Waals surface area (Å²) in [6.07, 6.45) is 0.980. The number of benzene rings is 1. The van der Waals surface area contributed by atoms with Gasteiger partial charge in [0.15, 0.2) is 0 Å². The molecule has 1 unspecified atom stereocenters. The molecule has 0 aromatic heterocycles. The first-order valence-corrected chi connectivity index (χ1v) is 9.15. The van der Waals surface area contributed by atoms with E-state index in [0.717, 1.165) is 28.1 Å². The van der Waals surface area contributed by atoms with Crippen LogP contribution in [0, 0.1) is 5.41 Å². The van der Waals surface area contributed by atoms with Crippen LogP contribution in [0.25, 0.3) is 0 Å². The Hall–Kier alpha value is -0.680. The number of esters is 1. The number of halogens is 1. The topological polar surface area (TPSA) is 38.3 Å². The highest BCUT2D eigenvalue weighted by molar-refractivity contribution is 9.10. The molecule has 1 heterocycles. The van der Waals surface area contributed by atoms with Gasteiger partial charge >= 0.3 is 5.97 Å². The summed E-state index contributed by atoms with van der Waals surface area (Å²) in [4.78, 5) is 12.7. The first-order chi connectivity index (χ1) is 9.93. The van der Waals surface area contributed by atoms with Gasteiger partial charge in [-0.1, -0.05) is 26.0 Å². The van der Waals surface area contributed by atoms with Gasteiger partial charge in [-0.25, -0.2) is 4.79 Å². The number of carbonyl (C=O) groups excluding carboxylic acids is 1. The first kappa shape index (κ1) is 16.7. The Morgan fingerprint density at radius 1 is 1.43 bits per heavy atom. The molecule has 21 heavy (non-hydrogen) atoms. The van der Waals surface area contributed by atoms with Crippen LogP contribution in [0.1, 0.15) is 27.2 Å². The van der Waals surface area contributed by atoms with E-state index >= 15 is 0 Å². The monoisotopic (exact) mass is 371 g/mol. The van der Waals surface area contributed by atoms with Crippen LogP contribution < -0.4 is 5.32 Å². The minimum Gasteiger partial charge on any atom is -0.464 e. The standard InChI is InChI=1S/C16H22BrNO2S/c1-4-20-14(19)16(11-21-10-9-15(16,2)3)18-13-8-6-5-7-12(13)17/h5-8,18H,4,9-11H2,1-3H3. The van der Waals surface area contributed by atoms with E-state index in [1.165, 1.54) is 0 Å². The van der Waals surface area contributed by atoms with E-state index in [4.69, 9.17) is 4.74 Å². The molecule has 1 aromatic rings. The number of para-hydroxylation sites is 1. The Kier molecular flexibility index (Phi) is 5.25. The van der Waals surface area contributed by atoms with Gasteiger partial charge in [0.2, 0.25) is 0 Å². The summed E-state index contributed by atoms with van der Waals surface area (Å²) in [6, 6.07) is 7.90. The molecular weight excluding hydrogens is 350 g/mol. The molecule has 116 valence electrons. The quantitative estimate of drug-likeness (QED) is 0.799. The molecule has 0 radical (unpaired) electrons. The van der Waals surface area contributed by atoms with Gasteiger partial charge < -0.3 is 10.1 Å². The van der Waals surface area contributed by atoms with E-state index in [-0.39, 0.29) is 11.4 Å². The Morgan fingerprint density at radius 3 is 2.76 bits per heavy atom. The largest absolute Gasteiger partial charge is 0.464 e. The molecule has 1 aliphatic heterocycles. The Balaban J connectivity index is 2.41. The molecule has 1 N–H and O–H groups in total. The van der Waals surface area contributed by atoms with E-state index in [1.807, 2.05) is 31.2 Å². The van der Waals surface area contributed by atoms with Gasteiger partial charge in [0.25, 0.3) is 0 Å². The smallest absolute Gasteiger partial charge is 0.333 e. The maximum atomic E-state index is 12.7. The maximum Gasteiger partial charge on any atom is 0.333 e. The molecule has 1 aliphatic rings. The second-order valence-corrected chi connectivity index (χ2v) is 7.88. The van der Waals surface area contributed by atoms with E-state index in [9.17, 15) is 4.79 Å². The Morgan fingerprint density at radius 2 is 2.14 bits per heavy atom. The number of anilines is 1. The number of ether oxygens (including phenoxy) is 1. The van der Waals surface area contributed by atoms with Gasteiger partial charge in [-0.05, 0) is 47.2 Å². The minimum atomic E-state index is -0.699. The lowest BCUT2D eigenvalue weighted by Gasteiger charge is -2.48. The van der Waals surface area contributed by atoms with Gasteiger partial charge in [0.05, 0.1) is 6.61 Å². The number of hydrogen-bond donors (Lipinski definition) is 1. The molecule has 0 bridgehead atoms. The fraction of sp³-hybridized carbons (Fsp3) is 0.562. The molecule has 2 rings (SSSR count). The Labute approximate surface area is 139 Å². The van der Waals surface area contributed by atoms with Crippen LogP contribution in [-0.4, -0.2) is 29.6 Å². The summed E-state index contributed by atoms with van der Waals surface area (Å²) in [6.45, 7) is 6.55. The summed E-state index contributed by atoms with van der Waals surface area (Å²) in [5, 5.41) is 3.50. The normalized spacial score (nSPS) is 24.4.